The molecule has 0 aromatic carbocycles. The number of rotatable bonds is 12. The lowest BCUT2D eigenvalue weighted by Crippen LogP contribution is -2.70. The van der Waals surface area contributed by atoms with Crippen LogP contribution in [0, 0.1) is 0 Å². The van der Waals surface area contributed by atoms with Crippen LogP contribution in [-0.4, -0.2) is 222 Å². The van der Waals surface area contributed by atoms with Crippen molar-refractivity contribution in [2.75, 3.05) is 26.4 Å². The number of ether oxygens (including phenoxy) is 7. The van der Waals surface area contributed by atoms with Crippen molar-refractivity contribution in [1.29, 1.82) is 0 Å². The van der Waals surface area contributed by atoms with E-state index in [4.69, 9.17) is 33.2 Å². The molecular formula is C28H48N2O21. The number of hydrogen-bond donors (Lipinski definition) is 14. The minimum atomic E-state index is -2.03. The third kappa shape index (κ3) is 9.11. The van der Waals surface area contributed by atoms with Crippen molar-refractivity contribution in [2.45, 2.75) is 137 Å². The van der Waals surface area contributed by atoms with Gasteiger partial charge >= 0.3 is 0 Å². The van der Waals surface area contributed by atoms with Crippen LogP contribution in [0.2, 0.25) is 0 Å². The third-order valence-corrected chi connectivity index (χ3v) is 9.01. The molecule has 2 amide bonds. The Morgan fingerprint density at radius 2 is 0.843 bits per heavy atom. The average Bonchev–Trinajstić information content (AvgIpc) is 3.09. The first-order chi connectivity index (χ1) is 24.1. The van der Waals surface area contributed by atoms with Gasteiger partial charge in [0.2, 0.25) is 11.8 Å². The van der Waals surface area contributed by atoms with E-state index in [1.165, 1.54) is 0 Å². The molecule has 0 aromatic heterocycles. The molecule has 14 N–H and O–H groups in total. The zero-order chi connectivity index (χ0) is 37.9. The highest BCUT2D eigenvalue weighted by molar-refractivity contribution is 5.73. The number of aliphatic hydroxyl groups is 12. The number of carbonyl (C=O) groups is 2. The highest BCUT2D eigenvalue weighted by atomic mass is 16.8. The molecule has 4 aliphatic rings. The summed E-state index contributed by atoms with van der Waals surface area (Å²) in [7, 11) is 0. The van der Waals surface area contributed by atoms with Crippen LogP contribution in [0.1, 0.15) is 13.8 Å². The summed E-state index contributed by atoms with van der Waals surface area (Å²) in [6.45, 7) is -1.26. The first-order valence-electron chi connectivity index (χ1n) is 16.1. The quantitative estimate of drug-likeness (QED) is 0.0881. The summed E-state index contributed by atoms with van der Waals surface area (Å²) in [5.41, 5.74) is 0. The molecule has 20 atom stereocenters. The Hall–Kier alpha value is -1.82. The van der Waals surface area contributed by atoms with Crippen molar-refractivity contribution in [2.24, 2.45) is 0 Å². The fourth-order valence-electron chi connectivity index (χ4n) is 6.36. The smallest absolute Gasteiger partial charge is 0.217 e. The molecule has 4 heterocycles. The summed E-state index contributed by atoms with van der Waals surface area (Å²) in [5.74, 6) is -1.42. The van der Waals surface area contributed by atoms with E-state index in [0.717, 1.165) is 13.8 Å². The van der Waals surface area contributed by atoms with Gasteiger partial charge in [-0.3, -0.25) is 9.59 Å². The Kier molecular flexibility index (Phi) is 14.8. The van der Waals surface area contributed by atoms with Gasteiger partial charge in [-0.1, -0.05) is 0 Å². The van der Waals surface area contributed by atoms with Crippen LogP contribution in [0.5, 0.6) is 0 Å². The summed E-state index contributed by atoms with van der Waals surface area (Å²) in [6, 6.07) is -3.05. The first kappa shape index (κ1) is 41.9. The van der Waals surface area contributed by atoms with Gasteiger partial charge in [0.05, 0.1) is 26.4 Å². The normalized spacial score (nSPS) is 47.8. The third-order valence-electron chi connectivity index (χ3n) is 9.01. The molecule has 0 bridgehead atoms. The number of nitrogens with one attached hydrogen (secondary N) is 2. The van der Waals surface area contributed by atoms with E-state index < -0.39 is 161 Å². The topological polar surface area (TPSA) is 366 Å². The SMILES string of the molecule is CC(=O)N[C@H]1[C@H](O[C@H]2[C@H](O)[C@H](O)[C@H](O[C@H]3[C@H](O)[C@H](O)[C@@H](O)O[C@@H]3CO)O[C@@H]2CO)O[C@H](CO)[C@@H](O[C@@H]2O[C@H](CO)[C@@H](O)[C@H](O)[C@H]2NC(C)=O)[C@@H]1O. The van der Waals surface area contributed by atoms with Gasteiger partial charge in [0, 0.05) is 13.8 Å². The standard InChI is InChI=1S/C28H48N2O21/c1-7(35)29-13-16(38)15(37)9(3-31)46-26(13)49-22-11(5-33)47-27(14(17(22)39)30-8(2)36)50-24-12(6-34)48-28(21(43)19(24)41)51-23-10(4-32)45-25(44)20(42)18(23)40/h9-28,31-34,37-44H,3-6H2,1-2H3,(H,29,35)(H,30,36)/t9-,10-,11-,12-,13-,14-,15-,16-,17-,18-,19-,20+,21+,22-,23-,24-,25+,26+,27+,28+/m1/s1. The summed E-state index contributed by atoms with van der Waals surface area (Å²) in [5, 5.41) is 129. The Labute approximate surface area is 289 Å². The summed E-state index contributed by atoms with van der Waals surface area (Å²) < 4.78 is 39.2. The highest BCUT2D eigenvalue weighted by Crippen LogP contribution is 2.34. The van der Waals surface area contributed by atoms with Crippen molar-refractivity contribution < 1.29 is 104 Å². The molecule has 0 spiro atoms. The van der Waals surface area contributed by atoms with E-state index in [1.54, 1.807) is 0 Å². The van der Waals surface area contributed by atoms with Crippen LogP contribution in [0.4, 0.5) is 0 Å². The van der Waals surface area contributed by atoms with E-state index in [-0.39, 0.29) is 0 Å². The first-order valence-corrected chi connectivity index (χ1v) is 16.1. The Morgan fingerprint density at radius 1 is 0.471 bits per heavy atom. The van der Waals surface area contributed by atoms with Crippen LogP contribution < -0.4 is 10.6 Å². The second-order valence-corrected chi connectivity index (χ2v) is 12.6. The Bertz CT molecular complexity index is 1140. The van der Waals surface area contributed by atoms with Gasteiger partial charge in [0.1, 0.15) is 97.5 Å². The number of hydrogen-bond acceptors (Lipinski definition) is 21. The lowest BCUT2D eigenvalue weighted by atomic mass is 9.94. The zero-order valence-corrected chi connectivity index (χ0v) is 27.4. The monoisotopic (exact) mass is 748 g/mol. The summed E-state index contributed by atoms with van der Waals surface area (Å²) in [6.07, 6.45) is -31.1. The van der Waals surface area contributed by atoms with Crippen molar-refractivity contribution in [3.63, 3.8) is 0 Å². The molecule has 51 heavy (non-hydrogen) atoms. The highest BCUT2D eigenvalue weighted by Gasteiger charge is 2.55. The van der Waals surface area contributed by atoms with Gasteiger partial charge in [-0.15, -0.1) is 0 Å². The van der Waals surface area contributed by atoms with Crippen LogP contribution in [-0.2, 0) is 42.7 Å². The molecule has 4 fully saturated rings. The molecular weight excluding hydrogens is 700 g/mol. The van der Waals surface area contributed by atoms with Crippen LogP contribution in [0.3, 0.4) is 0 Å². The lowest BCUT2D eigenvalue weighted by molar-refractivity contribution is -0.376. The van der Waals surface area contributed by atoms with E-state index in [0.29, 0.717) is 0 Å². The van der Waals surface area contributed by atoms with Gasteiger partial charge in [-0.2, -0.15) is 0 Å². The Balaban J connectivity index is 1.54. The number of aliphatic hydroxyl groups excluding tert-OH is 12. The van der Waals surface area contributed by atoms with Crippen molar-refractivity contribution in [1.82, 2.24) is 10.6 Å². The van der Waals surface area contributed by atoms with Gasteiger partial charge < -0.3 is 105 Å². The fraction of sp³-hybridized carbons (Fsp3) is 0.929. The van der Waals surface area contributed by atoms with E-state index in [1.807, 2.05) is 0 Å². The lowest BCUT2D eigenvalue weighted by Gasteiger charge is -2.50. The largest absolute Gasteiger partial charge is 0.394 e. The van der Waals surface area contributed by atoms with Crippen LogP contribution >= 0.6 is 0 Å². The molecule has 4 aliphatic heterocycles. The maximum Gasteiger partial charge on any atom is 0.217 e. The van der Waals surface area contributed by atoms with Gasteiger partial charge in [0.25, 0.3) is 0 Å². The maximum atomic E-state index is 12.2. The van der Waals surface area contributed by atoms with Crippen molar-refractivity contribution in [3.05, 3.63) is 0 Å². The number of amides is 2. The molecule has 4 saturated heterocycles. The maximum absolute atomic E-state index is 12.2. The molecule has 4 rings (SSSR count). The molecule has 23 heteroatoms. The predicted octanol–water partition coefficient (Wildman–Crippen LogP) is -9.46. The van der Waals surface area contributed by atoms with Crippen molar-refractivity contribution in [3.8, 4) is 0 Å². The average molecular weight is 749 g/mol. The molecule has 296 valence electrons. The molecule has 0 unspecified atom stereocenters. The minimum Gasteiger partial charge on any atom is -0.394 e. The Morgan fingerprint density at radius 3 is 1.31 bits per heavy atom. The van der Waals surface area contributed by atoms with E-state index >= 15 is 0 Å². The predicted molar refractivity (Wildman–Crippen MR) is 157 cm³/mol. The van der Waals surface area contributed by atoms with Crippen LogP contribution in [0.15, 0.2) is 0 Å². The molecule has 0 aliphatic carbocycles. The van der Waals surface area contributed by atoms with Gasteiger partial charge in [0.15, 0.2) is 25.2 Å². The van der Waals surface area contributed by atoms with E-state index in [2.05, 4.69) is 10.6 Å². The van der Waals surface area contributed by atoms with E-state index in [9.17, 15) is 70.9 Å². The number of carbonyl (C=O) groups excluding carboxylic acids is 2. The summed E-state index contributed by atoms with van der Waals surface area (Å²) >= 11 is 0. The minimum absolute atomic E-state index is 0.677. The fourth-order valence-corrected chi connectivity index (χ4v) is 6.36. The van der Waals surface area contributed by atoms with Crippen molar-refractivity contribution >= 4 is 11.8 Å². The van der Waals surface area contributed by atoms with Gasteiger partial charge in [-0.05, 0) is 0 Å². The molecule has 23 nitrogen and oxygen atoms in total. The van der Waals surface area contributed by atoms with Crippen LogP contribution in [0.25, 0.3) is 0 Å². The zero-order valence-electron chi connectivity index (χ0n) is 27.4. The molecule has 0 radical (unpaired) electrons. The second-order valence-electron chi connectivity index (χ2n) is 12.6. The summed E-state index contributed by atoms with van der Waals surface area (Å²) in [4.78, 5) is 24.1. The van der Waals surface area contributed by atoms with Gasteiger partial charge in [-0.25, -0.2) is 0 Å². The second kappa shape index (κ2) is 18.0. The molecule has 0 saturated carbocycles. The molecule has 0 aromatic rings.